The lowest BCUT2D eigenvalue weighted by molar-refractivity contribution is 1.03. The predicted molar refractivity (Wildman–Crippen MR) is 86.2 cm³/mol. The van der Waals surface area contributed by atoms with Gasteiger partial charge in [0.1, 0.15) is 0 Å². The third kappa shape index (κ3) is 1.91. The summed E-state index contributed by atoms with van der Waals surface area (Å²) in [6.45, 7) is 4.59. The van der Waals surface area contributed by atoms with Gasteiger partial charge >= 0.3 is 0 Å². The molecular formula is C15H13N5S. The molecule has 1 aliphatic heterocycles. The average Bonchev–Trinajstić information content (AvgIpc) is 3.29. The van der Waals surface area contributed by atoms with E-state index in [1.165, 1.54) is 10.9 Å². The lowest BCUT2D eigenvalue weighted by Crippen LogP contribution is -1.97. The van der Waals surface area contributed by atoms with Crippen LogP contribution in [0.25, 0.3) is 16.5 Å². The van der Waals surface area contributed by atoms with E-state index in [4.69, 9.17) is 12.2 Å². The molecule has 0 amide bonds. The van der Waals surface area contributed by atoms with Gasteiger partial charge in [0.2, 0.25) is 4.77 Å². The van der Waals surface area contributed by atoms with Gasteiger partial charge in [-0.1, -0.05) is 30.3 Å². The third-order valence-corrected chi connectivity index (χ3v) is 4.03. The number of fused-ring (bicyclic) bond motifs is 1. The molecule has 1 unspecified atom stereocenters. The summed E-state index contributed by atoms with van der Waals surface area (Å²) in [6.07, 6.45) is 0. The molecule has 2 N–H and O–H groups in total. The molecule has 21 heavy (non-hydrogen) atoms. The van der Waals surface area contributed by atoms with Gasteiger partial charge in [-0.15, -0.1) is 5.10 Å². The average molecular weight is 295 g/mol. The van der Waals surface area contributed by atoms with Crippen molar-refractivity contribution in [1.82, 2.24) is 20.1 Å². The van der Waals surface area contributed by atoms with Crippen molar-refractivity contribution in [2.75, 3.05) is 6.54 Å². The summed E-state index contributed by atoms with van der Waals surface area (Å²) in [5.41, 5.74) is 2.29. The second-order valence-electron chi connectivity index (χ2n) is 5.00. The van der Waals surface area contributed by atoms with E-state index in [0.717, 1.165) is 17.6 Å². The molecular weight excluding hydrogens is 282 g/mol. The van der Waals surface area contributed by atoms with Gasteiger partial charge in [-0.3, -0.25) is 4.57 Å². The standard InChI is InChI=1S/C15H13N5S/c1-16-14-18-19-15(21)20(14)13-7-6-10(12-8-17-12)9-4-2-3-5-11(9)13/h2-7,12,17H,1,8H2,(H,19,21). The van der Waals surface area contributed by atoms with Crippen molar-refractivity contribution in [3.8, 4) is 5.69 Å². The molecule has 0 bridgehead atoms. The molecule has 3 aromatic rings. The minimum atomic E-state index is 0.457. The molecule has 1 atom stereocenters. The van der Waals surface area contributed by atoms with Crippen LogP contribution in [-0.4, -0.2) is 28.0 Å². The smallest absolute Gasteiger partial charge is 0.253 e. The molecule has 2 heterocycles. The fourth-order valence-corrected chi connectivity index (χ4v) is 2.92. The highest BCUT2D eigenvalue weighted by molar-refractivity contribution is 7.71. The number of nitrogens with zero attached hydrogens (tertiary/aromatic N) is 3. The highest BCUT2D eigenvalue weighted by atomic mass is 32.1. The van der Waals surface area contributed by atoms with Gasteiger partial charge in [0, 0.05) is 18.0 Å². The molecule has 2 aromatic carbocycles. The number of hydrogen-bond donors (Lipinski definition) is 2. The van der Waals surface area contributed by atoms with E-state index in [1.807, 2.05) is 10.6 Å². The van der Waals surface area contributed by atoms with Crippen molar-refractivity contribution in [2.24, 2.45) is 4.99 Å². The fraction of sp³-hybridized carbons (Fsp3) is 0.133. The molecule has 6 heteroatoms. The van der Waals surface area contributed by atoms with Gasteiger partial charge in [0.05, 0.1) is 5.69 Å². The second kappa shape index (κ2) is 4.61. The van der Waals surface area contributed by atoms with Crippen LogP contribution in [0.15, 0.2) is 41.4 Å². The maximum atomic E-state index is 5.33. The van der Waals surface area contributed by atoms with Crippen LogP contribution in [-0.2, 0) is 0 Å². The van der Waals surface area contributed by atoms with E-state index in [-0.39, 0.29) is 0 Å². The van der Waals surface area contributed by atoms with Crippen LogP contribution in [0.3, 0.4) is 0 Å². The Morgan fingerprint density at radius 3 is 2.71 bits per heavy atom. The monoisotopic (exact) mass is 295 g/mol. The zero-order chi connectivity index (χ0) is 14.4. The number of hydrogen-bond acceptors (Lipinski definition) is 4. The SMILES string of the molecule is C=Nc1n[nH]c(=S)n1-c1ccc(C2CN2)c2ccccc12. The van der Waals surface area contributed by atoms with Gasteiger partial charge in [-0.25, -0.2) is 10.1 Å². The molecule has 0 saturated carbocycles. The lowest BCUT2D eigenvalue weighted by atomic mass is 10.0. The Labute approximate surface area is 126 Å². The fourth-order valence-electron chi connectivity index (χ4n) is 2.70. The van der Waals surface area contributed by atoms with Gasteiger partial charge in [0.15, 0.2) is 0 Å². The summed E-state index contributed by atoms with van der Waals surface area (Å²) >= 11 is 5.33. The van der Waals surface area contributed by atoms with Crippen molar-refractivity contribution in [2.45, 2.75) is 6.04 Å². The quantitative estimate of drug-likeness (QED) is 0.443. The zero-order valence-corrected chi connectivity index (χ0v) is 12.0. The topological polar surface area (TPSA) is 67.9 Å². The molecule has 1 aromatic heterocycles. The minimum absolute atomic E-state index is 0.457. The lowest BCUT2D eigenvalue weighted by Gasteiger charge is -2.11. The first kappa shape index (κ1) is 12.4. The molecule has 5 nitrogen and oxygen atoms in total. The van der Waals surface area contributed by atoms with Gasteiger partial charge in [-0.2, -0.15) is 0 Å². The Morgan fingerprint density at radius 1 is 1.24 bits per heavy atom. The first-order valence-electron chi connectivity index (χ1n) is 6.69. The molecule has 0 radical (unpaired) electrons. The molecule has 0 spiro atoms. The predicted octanol–water partition coefficient (Wildman–Crippen LogP) is 3.06. The van der Waals surface area contributed by atoms with Crippen LogP contribution in [0, 0.1) is 4.77 Å². The summed E-state index contributed by atoms with van der Waals surface area (Å²) in [5, 5.41) is 12.6. The number of benzene rings is 2. The van der Waals surface area contributed by atoms with E-state index in [0.29, 0.717) is 16.8 Å². The van der Waals surface area contributed by atoms with Crippen molar-refractivity contribution in [3.63, 3.8) is 0 Å². The van der Waals surface area contributed by atoms with Crippen LogP contribution in [0.5, 0.6) is 0 Å². The molecule has 1 saturated heterocycles. The maximum absolute atomic E-state index is 5.33. The third-order valence-electron chi connectivity index (χ3n) is 3.76. The molecule has 1 fully saturated rings. The van der Waals surface area contributed by atoms with E-state index < -0.39 is 0 Å². The maximum Gasteiger partial charge on any atom is 0.253 e. The van der Waals surface area contributed by atoms with Crippen molar-refractivity contribution >= 4 is 35.7 Å². The Balaban J connectivity index is 2.06. The molecule has 4 rings (SSSR count). The number of nitrogens with one attached hydrogen (secondary N) is 2. The normalized spacial score (nSPS) is 17.0. The Bertz CT molecular complexity index is 904. The second-order valence-corrected chi connectivity index (χ2v) is 5.39. The number of aromatic amines is 1. The van der Waals surface area contributed by atoms with E-state index >= 15 is 0 Å². The highest BCUT2D eigenvalue weighted by Crippen LogP contribution is 2.33. The number of rotatable bonds is 3. The highest BCUT2D eigenvalue weighted by Gasteiger charge is 2.25. The van der Waals surface area contributed by atoms with E-state index in [9.17, 15) is 0 Å². The Hall–Kier alpha value is -2.31. The Morgan fingerprint density at radius 2 is 2.00 bits per heavy atom. The number of aliphatic imine (C=N–C) groups is 1. The van der Waals surface area contributed by atoms with Gasteiger partial charge in [-0.05, 0) is 36.0 Å². The first-order chi connectivity index (χ1) is 10.3. The van der Waals surface area contributed by atoms with Crippen LogP contribution >= 0.6 is 12.2 Å². The van der Waals surface area contributed by atoms with Gasteiger partial charge < -0.3 is 5.32 Å². The first-order valence-corrected chi connectivity index (χ1v) is 7.10. The van der Waals surface area contributed by atoms with Crippen molar-refractivity contribution < 1.29 is 0 Å². The molecule has 1 aliphatic rings. The summed E-state index contributed by atoms with van der Waals surface area (Å²) in [5.74, 6) is 0.474. The number of aromatic nitrogens is 3. The Kier molecular flexibility index (Phi) is 2.73. The van der Waals surface area contributed by atoms with Crippen LogP contribution in [0.2, 0.25) is 0 Å². The van der Waals surface area contributed by atoms with Gasteiger partial charge in [0.25, 0.3) is 5.95 Å². The summed E-state index contributed by atoms with van der Waals surface area (Å²) in [7, 11) is 0. The van der Waals surface area contributed by atoms with E-state index in [2.05, 4.69) is 57.6 Å². The molecule has 104 valence electrons. The summed E-state index contributed by atoms with van der Waals surface area (Å²) < 4.78 is 2.33. The zero-order valence-electron chi connectivity index (χ0n) is 11.2. The van der Waals surface area contributed by atoms with Crippen LogP contribution in [0.1, 0.15) is 11.6 Å². The largest absolute Gasteiger partial charge is 0.307 e. The molecule has 0 aliphatic carbocycles. The van der Waals surface area contributed by atoms with Crippen LogP contribution in [0.4, 0.5) is 5.95 Å². The van der Waals surface area contributed by atoms with Crippen molar-refractivity contribution in [1.29, 1.82) is 0 Å². The number of H-pyrrole nitrogens is 1. The minimum Gasteiger partial charge on any atom is -0.307 e. The van der Waals surface area contributed by atoms with E-state index in [1.54, 1.807) is 0 Å². The van der Waals surface area contributed by atoms with Crippen molar-refractivity contribution in [3.05, 3.63) is 46.7 Å². The summed E-state index contributed by atoms with van der Waals surface area (Å²) in [4.78, 5) is 3.94. The van der Waals surface area contributed by atoms with Crippen LogP contribution < -0.4 is 5.32 Å². The summed E-state index contributed by atoms with van der Waals surface area (Å²) in [6, 6.07) is 13.0.